The lowest BCUT2D eigenvalue weighted by atomic mass is 9.78. The van der Waals surface area contributed by atoms with Crippen molar-refractivity contribution in [2.24, 2.45) is 13.0 Å². The van der Waals surface area contributed by atoms with Crippen LogP contribution in [0.3, 0.4) is 0 Å². The molecule has 1 aliphatic heterocycles. The number of fused-ring (bicyclic) bond motifs is 2. The van der Waals surface area contributed by atoms with Gasteiger partial charge in [0.15, 0.2) is 0 Å². The first-order chi connectivity index (χ1) is 18.0. The summed E-state index contributed by atoms with van der Waals surface area (Å²) >= 11 is 0. The number of carbonyl (C=O) groups excluding carboxylic acids is 3. The fourth-order valence-electron chi connectivity index (χ4n) is 5.20. The molecule has 198 valence electrons. The topological polar surface area (TPSA) is 111 Å². The molecule has 3 aromatic rings. The summed E-state index contributed by atoms with van der Waals surface area (Å²) in [6.07, 6.45) is 2.30. The number of nitrogens with one attached hydrogen (secondary N) is 1. The van der Waals surface area contributed by atoms with Crippen molar-refractivity contribution in [2.75, 3.05) is 19.4 Å². The summed E-state index contributed by atoms with van der Waals surface area (Å²) in [5.41, 5.74) is 1.85. The van der Waals surface area contributed by atoms with E-state index in [1.54, 1.807) is 44.0 Å². The molecule has 2 heterocycles. The molecule has 0 fully saturated rings. The SMILES string of the molecule is CC(C)C[C@@H](C(=O)N(C)[C@H](C#N)C[C@@]1(C)C(=O)Nc2ccccc21)N(C)C(=O)c1ccc2cnn(C)c2c1. The van der Waals surface area contributed by atoms with Crippen LogP contribution in [0.2, 0.25) is 0 Å². The van der Waals surface area contributed by atoms with Gasteiger partial charge in [-0.15, -0.1) is 0 Å². The number of carbonyl (C=O) groups is 3. The van der Waals surface area contributed by atoms with E-state index in [4.69, 9.17) is 0 Å². The van der Waals surface area contributed by atoms with Crippen molar-refractivity contribution in [3.05, 3.63) is 59.8 Å². The van der Waals surface area contributed by atoms with Gasteiger partial charge in [-0.3, -0.25) is 19.1 Å². The van der Waals surface area contributed by atoms with Crippen LogP contribution in [0.4, 0.5) is 5.69 Å². The molecule has 3 amide bonds. The van der Waals surface area contributed by atoms with E-state index in [0.29, 0.717) is 12.0 Å². The van der Waals surface area contributed by atoms with Crippen LogP contribution in [0, 0.1) is 17.2 Å². The highest BCUT2D eigenvalue weighted by atomic mass is 16.2. The first kappa shape index (κ1) is 26.9. The number of nitrogens with zero attached hydrogens (tertiary/aromatic N) is 5. The van der Waals surface area contributed by atoms with E-state index >= 15 is 0 Å². The van der Waals surface area contributed by atoms with Crippen LogP contribution in [0.15, 0.2) is 48.7 Å². The number of para-hydroxylation sites is 1. The van der Waals surface area contributed by atoms with Gasteiger partial charge in [0, 0.05) is 37.8 Å². The molecule has 4 rings (SSSR count). The van der Waals surface area contributed by atoms with Crippen LogP contribution >= 0.6 is 0 Å². The first-order valence-electron chi connectivity index (χ1n) is 12.7. The lowest BCUT2D eigenvalue weighted by Gasteiger charge is -2.35. The molecule has 1 aliphatic rings. The molecule has 3 atom stereocenters. The standard InChI is InChI=1S/C29H34N6O3/c1-18(2)13-25(34(5)26(36)19-11-12-20-17-31-35(6)24(20)14-19)27(37)33(4)21(16-30)15-29(3)22-9-7-8-10-23(22)32-28(29)38/h7-12,14,17-18,21,25H,13,15H2,1-6H3,(H,32,38)/t21-,25-,29+/m0/s1. The molecule has 2 aromatic carbocycles. The smallest absolute Gasteiger partial charge is 0.254 e. The molecular formula is C29H34N6O3. The fraction of sp³-hybridized carbons (Fsp3) is 0.414. The molecule has 0 aliphatic carbocycles. The molecule has 0 spiro atoms. The van der Waals surface area contributed by atoms with Crippen molar-refractivity contribution in [3.8, 4) is 6.07 Å². The van der Waals surface area contributed by atoms with Crippen LogP contribution in [0.5, 0.6) is 0 Å². The molecule has 0 unspecified atom stereocenters. The summed E-state index contributed by atoms with van der Waals surface area (Å²) < 4.78 is 1.70. The van der Waals surface area contributed by atoms with Gasteiger partial charge < -0.3 is 15.1 Å². The van der Waals surface area contributed by atoms with E-state index < -0.39 is 17.5 Å². The maximum atomic E-state index is 13.9. The highest BCUT2D eigenvalue weighted by Gasteiger charge is 2.45. The third-order valence-corrected chi connectivity index (χ3v) is 7.60. The van der Waals surface area contributed by atoms with Crippen LogP contribution < -0.4 is 5.32 Å². The number of hydrogen-bond donors (Lipinski definition) is 1. The van der Waals surface area contributed by atoms with Gasteiger partial charge in [-0.25, -0.2) is 0 Å². The van der Waals surface area contributed by atoms with Crippen molar-refractivity contribution >= 4 is 34.3 Å². The van der Waals surface area contributed by atoms with Crippen molar-refractivity contribution in [2.45, 2.75) is 51.1 Å². The van der Waals surface area contributed by atoms with Crippen LogP contribution in [0.1, 0.15) is 49.5 Å². The van der Waals surface area contributed by atoms with Gasteiger partial charge >= 0.3 is 0 Å². The summed E-state index contributed by atoms with van der Waals surface area (Å²) in [4.78, 5) is 43.2. The van der Waals surface area contributed by atoms with Gasteiger partial charge in [-0.2, -0.15) is 10.4 Å². The Kier molecular flexibility index (Phi) is 7.27. The Morgan fingerprint density at radius 3 is 2.55 bits per heavy atom. The number of aryl methyl sites for hydroxylation is 1. The largest absolute Gasteiger partial charge is 0.330 e. The number of likely N-dealkylation sites (N-methyl/N-ethyl adjacent to an activating group) is 2. The summed E-state index contributed by atoms with van der Waals surface area (Å²) in [5, 5.41) is 18.1. The first-order valence-corrected chi connectivity index (χ1v) is 12.7. The second-order valence-electron chi connectivity index (χ2n) is 10.7. The normalized spacial score (nSPS) is 18.0. The molecular weight excluding hydrogens is 480 g/mol. The van der Waals surface area contributed by atoms with Crippen molar-refractivity contribution in [1.29, 1.82) is 5.26 Å². The van der Waals surface area contributed by atoms with Gasteiger partial charge in [0.2, 0.25) is 11.8 Å². The Bertz CT molecular complexity index is 1440. The van der Waals surface area contributed by atoms with E-state index in [1.165, 1.54) is 9.80 Å². The van der Waals surface area contributed by atoms with Gasteiger partial charge in [0.25, 0.3) is 5.91 Å². The minimum Gasteiger partial charge on any atom is -0.330 e. The van der Waals surface area contributed by atoms with Gasteiger partial charge in [-0.05, 0) is 49.4 Å². The van der Waals surface area contributed by atoms with E-state index in [0.717, 1.165) is 22.2 Å². The van der Waals surface area contributed by atoms with Crippen LogP contribution in [-0.4, -0.2) is 63.5 Å². The summed E-state index contributed by atoms with van der Waals surface area (Å²) in [7, 11) is 5.01. The molecule has 9 nitrogen and oxygen atoms in total. The second-order valence-corrected chi connectivity index (χ2v) is 10.7. The Morgan fingerprint density at radius 2 is 1.87 bits per heavy atom. The Labute approximate surface area is 223 Å². The predicted molar refractivity (Wildman–Crippen MR) is 145 cm³/mol. The maximum Gasteiger partial charge on any atom is 0.254 e. The lowest BCUT2D eigenvalue weighted by molar-refractivity contribution is -0.137. The molecule has 1 aromatic heterocycles. The Balaban J connectivity index is 1.59. The van der Waals surface area contributed by atoms with Crippen molar-refractivity contribution < 1.29 is 14.4 Å². The number of benzene rings is 2. The van der Waals surface area contributed by atoms with Crippen LogP contribution in [-0.2, 0) is 22.1 Å². The molecule has 38 heavy (non-hydrogen) atoms. The highest BCUT2D eigenvalue weighted by Crippen LogP contribution is 2.41. The molecule has 0 saturated heterocycles. The van der Waals surface area contributed by atoms with Gasteiger partial charge in [-0.1, -0.05) is 38.1 Å². The fourth-order valence-corrected chi connectivity index (χ4v) is 5.20. The number of anilines is 1. The molecule has 9 heteroatoms. The number of nitriles is 1. The third kappa shape index (κ3) is 4.74. The summed E-state index contributed by atoms with van der Waals surface area (Å²) in [6, 6.07) is 13.3. The van der Waals surface area contributed by atoms with Crippen molar-refractivity contribution in [1.82, 2.24) is 19.6 Å². The van der Waals surface area contributed by atoms with E-state index in [9.17, 15) is 19.6 Å². The van der Waals surface area contributed by atoms with Crippen molar-refractivity contribution in [3.63, 3.8) is 0 Å². The van der Waals surface area contributed by atoms with E-state index in [2.05, 4.69) is 16.5 Å². The average Bonchev–Trinajstić information content (AvgIpc) is 3.40. The maximum absolute atomic E-state index is 13.9. The minimum atomic E-state index is -0.959. The highest BCUT2D eigenvalue weighted by molar-refractivity contribution is 6.06. The predicted octanol–water partition coefficient (Wildman–Crippen LogP) is 3.71. The zero-order chi connectivity index (χ0) is 27.8. The molecule has 0 bridgehead atoms. The van der Waals surface area contributed by atoms with E-state index in [1.807, 2.05) is 51.2 Å². The molecule has 0 radical (unpaired) electrons. The minimum absolute atomic E-state index is 0.123. The Morgan fingerprint density at radius 1 is 1.16 bits per heavy atom. The number of rotatable bonds is 8. The van der Waals surface area contributed by atoms with Gasteiger partial charge in [0.1, 0.15) is 12.1 Å². The quantitative estimate of drug-likeness (QED) is 0.493. The summed E-state index contributed by atoms with van der Waals surface area (Å²) in [6.45, 7) is 5.78. The second kappa shape index (κ2) is 10.3. The third-order valence-electron chi connectivity index (χ3n) is 7.60. The average molecular weight is 515 g/mol. The monoisotopic (exact) mass is 514 g/mol. The molecule has 0 saturated carbocycles. The lowest BCUT2D eigenvalue weighted by Crippen LogP contribution is -2.52. The number of hydrogen-bond acceptors (Lipinski definition) is 5. The molecule has 1 N–H and O–H groups in total. The Hall–Kier alpha value is -4.19. The zero-order valence-corrected chi connectivity index (χ0v) is 22.7. The van der Waals surface area contributed by atoms with E-state index in [-0.39, 0.29) is 30.1 Å². The van der Waals surface area contributed by atoms with Gasteiger partial charge in [0.05, 0.1) is 23.2 Å². The number of aromatic nitrogens is 2. The zero-order valence-electron chi connectivity index (χ0n) is 22.7. The van der Waals surface area contributed by atoms with Crippen LogP contribution in [0.25, 0.3) is 10.9 Å². The summed E-state index contributed by atoms with van der Waals surface area (Å²) in [5.74, 6) is -0.697. The number of amides is 3.